The molecule has 0 radical (unpaired) electrons. The van der Waals surface area contributed by atoms with E-state index in [1.54, 1.807) is 30.2 Å². The van der Waals surface area contributed by atoms with Crippen molar-refractivity contribution in [2.45, 2.75) is 25.9 Å². The third-order valence-electron chi connectivity index (χ3n) is 2.66. The summed E-state index contributed by atoms with van der Waals surface area (Å²) in [5.41, 5.74) is 0. The Bertz CT molecular complexity index is 515. The Kier molecular flexibility index (Phi) is 6.11. The van der Waals surface area contributed by atoms with Crippen LogP contribution in [0.4, 0.5) is 0 Å². The van der Waals surface area contributed by atoms with E-state index in [0.717, 1.165) is 4.31 Å². The van der Waals surface area contributed by atoms with Crippen molar-refractivity contribution in [3.8, 4) is 0 Å². The van der Waals surface area contributed by atoms with Crippen LogP contribution in [-0.2, 0) is 26.3 Å². The molecule has 0 aliphatic heterocycles. The van der Waals surface area contributed by atoms with Crippen LogP contribution in [0.1, 0.15) is 13.3 Å². The Morgan fingerprint density at radius 2 is 2.25 bits per heavy atom. The standard InChI is InChI=1S/C11H20N4O4S/c1-10(8-15-7-5-12-9-15)13-20(17,18)14(2)6-4-11(16)19-3/h5,7,9-10,13H,4,6,8H2,1-3H3. The summed E-state index contributed by atoms with van der Waals surface area (Å²) in [6.45, 7) is 2.30. The molecule has 0 saturated carbocycles. The fourth-order valence-corrected chi connectivity index (χ4v) is 2.66. The number of rotatable bonds is 8. The average molecular weight is 304 g/mol. The zero-order chi connectivity index (χ0) is 15.2. The number of esters is 1. The van der Waals surface area contributed by atoms with E-state index in [1.807, 2.05) is 0 Å². The van der Waals surface area contributed by atoms with Gasteiger partial charge in [-0.3, -0.25) is 4.79 Å². The maximum absolute atomic E-state index is 12.0. The van der Waals surface area contributed by atoms with E-state index in [2.05, 4.69) is 14.4 Å². The van der Waals surface area contributed by atoms with Crippen LogP contribution in [0, 0.1) is 0 Å². The van der Waals surface area contributed by atoms with E-state index < -0.39 is 16.2 Å². The van der Waals surface area contributed by atoms with Gasteiger partial charge in [0.15, 0.2) is 0 Å². The minimum atomic E-state index is -3.62. The predicted molar refractivity (Wildman–Crippen MR) is 73.0 cm³/mol. The number of methoxy groups -OCH3 is 1. The lowest BCUT2D eigenvalue weighted by atomic mass is 10.4. The molecule has 1 unspecified atom stereocenters. The largest absolute Gasteiger partial charge is 0.469 e. The zero-order valence-corrected chi connectivity index (χ0v) is 12.6. The van der Waals surface area contributed by atoms with E-state index in [9.17, 15) is 13.2 Å². The fraction of sp³-hybridized carbons (Fsp3) is 0.636. The van der Waals surface area contributed by atoms with E-state index in [4.69, 9.17) is 0 Å². The number of hydrogen-bond acceptors (Lipinski definition) is 5. The molecule has 0 bridgehead atoms. The SMILES string of the molecule is COC(=O)CCN(C)S(=O)(=O)NC(C)Cn1ccnc1. The van der Waals surface area contributed by atoms with Crippen molar-refractivity contribution < 1.29 is 17.9 Å². The van der Waals surface area contributed by atoms with Gasteiger partial charge < -0.3 is 9.30 Å². The van der Waals surface area contributed by atoms with Crippen LogP contribution in [0.25, 0.3) is 0 Å². The lowest BCUT2D eigenvalue weighted by molar-refractivity contribution is -0.140. The molecule has 1 heterocycles. The van der Waals surface area contributed by atoms with Crippen LogP contribution in [0.5, 0.6) is 0 Å². The fourth-order valence-electron chi connectivity index (χ4n) is 1.56. The number of ether oxygens (including phenoxy) is 1. The van der Waals surface area contributed by atoms with Crippen molar-refractivity contribution >= 4 is 16.2 Å². The summed E-state index contributed by atoms with van der Waals surface area (Å²) in [5.74, 6) is -0.446. The summed E-state index contributed by atoms with van der Waals surface area (Å²) in [6, 6.07) is -0.297. The Balaban J connectivity index is 2.48. The van der Waals surface area contributed by atoms with Crippen molar-refractivity contribution in [3.05, 3.63) is 18.7 Å². The van der Waals surface area contributed by atoms with Gasteiger partial charge in [0.25, 0.3) is 10.2 Å². The molecule has 0 saturated heterocycles. The highest BCUT2D eigenvalue weighted by atomic mass is 32.2. The first-order valence-electron chi connectivity index (χ1n) is 6.11. The maximum Gasteiger partial charge on any atom is 0.306 e. The smallest absolute Gasteiger partial charge is 0.306 e. The van der Waals surface area contributed by atoms with Gasteiger partial charge in [0.1, 0.15) is 0 Å². The van der Waals surface area contributed by atoms with E-state index >= 15 is 0 Å². The monoisotopic (exact) mass is 304 g/mol. The lowest BCUT2D eigenvalue weighted by Crippen LogP contribution is -2.44. The molecule has 0 amide bonds. The van der Waals surface area contributed by atoms with Crippen molar-refractivity contribution in [3.63, 3.8) is 0 Å². The molecule has 0 aliphatic rings. The molecule has 1 aromatic rings. The summed E-state index contributed by atoms with van der Waals surface area (Å²) < 4.78 is 33.9. The normalized spacial score (nSPS) is 13.4. The molecule has 0 spiro atoms. The molecule has 0 aromatic carbocycles. The highest BCUT2D eigenvalue weighted by Gasteiger charge is 2.21. The second-order valence-electron chi connectivity index (χ2n) is 4.43. The molecule has 0 aliphatic carbocycles. The van der Waals surface area contributed by atoms with Crippen molar-refractivity contribution in [2.24, 2.45) is 0 Å². The second-order valence-corrected chi connectivity index (χ2v) is 6.24. The summed E-state index contributed by atoms with van der Waals surface area (Å²) in [5, 5.41) is 0. The maximum atomic E-state index is 12.0. The number of nitrogens with zero attached hydrogens (tertiary/aromatic N) is 3. The number of imidazole rings is 1. The molecule has 1 atom stereocenters. The first-order valence-corrected chi connectivity index (χ1v) is 7.55. The van der Waals surface area contributed by atoms with Crippen molar-refractivity contribution in [1.82, 2.24) is 18.6 Å². The summed E-state index contributed by atoms with van der Waals surface area (Å²) >= 11 is 0. The molecular weight excluding hydrogens is 284 g/mol. The van der Waals surface area contributed by atoms with Crippen LogP contribution < -0.4 is 4.72 Å². The number of hydrogen-bond donors (Lipinski definition) is 1. The quantitative estimate of drug-likeness (QED) is 0.660. The number of nitrogens with one attached hydrogen (secondary N) is 1. The van der Waals surface area contributed by atoms with Gasteiger partial charge in [0.2, 0.25) is 0 Å². The molecular formula is C11H20N4O4S. The Morgan fingerprint density at radius 1 is 1.55 bits per heavy atom. The first kappa shape index (κ1) is 16.6. The number of carbonyl (C=O) groups excluding carboxylic acids is 1. The second kappa shape index (κ2) is 7.36. The van der Waals surface area contributed by atoms with Gasteiger partial charge >= 0.3 is 5.97 Å². The minimum absolute atomic E-state index is 0.0177. The van der Waals surface area contributed by atoms with Gasteiger partial charge in [0.05, 0.1) is 19.9 Å². The van der Waals surface area contributed by atoms with Crippen LogP contribution in [0.2, 0.25) is 0 Å². The highest BCUT2D eigenvalue weighted by molar-refractivity contribution is 7.87. The van der Waals surface area contributed by atoms with E-state index in [0.29, 0.717) is 6.54 Å². The van der Waals surface area contributed by atoms with E-state index in [1.165, 1.54) is 14.2 Å². The lowest BCUT2D eigenvalue weighted by Gasteiger charge is -2.21. The molecule has 8 nitrogen and oxygen atoms in total. The Labute approximate surface area is 118 Å². The molecule has 1 aromatic heterocycles. The van der Waals surface area contributed by atoms with Gasteiger partial charge in [0, 0.05) is 38.6 Å². The van der Waals surface area contributed by atoms with Crippen LogP contribution >= 0.6 is 0 Å². The molecule has 114 valence electrons. The van der Waals surface area contributed by atoms with Gasteiger partial charge in [-0.05, 0) is 6.92 Å². The third kappa shape index (κ3) is 5.27. The van der Waals surface area contributed by atoms with Crippen LogP contribution in [0.3, 0.4) is 0 Å². The van der Waals surface area contributed by atoms with Crippen LogP contribution in [-0.4, -0.2) is 55.0 Å². The van der Waals surface area contributed by atoms with Crippen LogP contribution in [0.15, 0.2) is 18.7 Å². The molecule has 0 fully saturated rings. The molecule has 1 N–H and O–H groups in total. The van der Waals surface area contributed by atoms with Gasteiger partial charge in [-0.2, -0.15) is 17.4 Å². The van der Waals surface area contributed by atoms with E-state index in [-0.39, 0.29) is 19.0 Å². The van der Waals surface area contributed by atoms with Gasteiger partial charge in [-0.1, -0.05) is 0 Å². The summed E-state index contributed by atoms with van der Waals surface area (Å²) in [7, 11) is -0.947. The first-order chi connectivity index (χ1) is 9.35. The Morgan fingerprint density at radius 3 is 2.80 bits per heavy atom. The zero-order valence-electron chi connectivity index (χ0n) is 11.8. The molecule has 1 rings (SSSR count). The predicted octanol–water partition coefficient (Wildman–Crippen LogP) is -0.399. The number of aromatic nitrogens is 2. The highest BCUT2D eigenvalue weighted by Crippen LogP contribution is 2.00. The van der Waals surface area contributed by atoms with Crippen molar-refractivity contribution in [2.75, 3.05) is 20.7 Å². The summed E-state index contributed by atoms with van der Waals surface area (Å²) in [6.07, 6.45) is 5.02. The minimum Gasteiger partial charge on any atom is -0.469 e. The topological polar surface area (TPSA) is 93.5 Å². The summed E-state index contributed by atoms with van der Waals surface area (Å²) in [4.78, 5) is 14.9. The molecule has 20 heavy (non-hydrogen) atoms. The van der Waals surface area contributed by atoms with Gasteiger partial charge in [-0.15, -0.1) is 0 Å². The van der Waals surface area contributed by atoms with Gasteiger partial charge in [-0.25, -0.2) is 4.98 Å². The Hall–Kier alpha value is -1.45. The average Bonchev–Trinajstić information content (AvgIpc) is 2.87. The third-order valence-corrected chi connectivity index (χ3v) is 4.37. The van der Waals surface area contributed by atoms with Crippen molar-refractivity contribution in [1.29, 1.82) is 0 Å². The molecule has 9 heteroatoms. The number of carbonyl (C=O) groups is 1.